The largest absolute Gasteiger partial charge is 0.481 e. The molecule has 2 unspecified atom stereocenters. The maximum Gasteiger partial charge on any atom is 0.307 e. The number of aliphatic carboxylic acids is 1. The van der Waals surface area contributed by atoms with E-state index in [4.69, 9.17) is 5.11 Å². The van der Waals surface area contributed by atoms with Crippen LogP contribution in [0.25, 0.3) is 0 Å². The number of hydrogen-bond acceptors (Lipinski definition) is 3. The molecule has 0 aliphatic heterocycles. The van der Waals surface area contributed by atoms with E-state index in [2.05, 4.69) is 5.32 Å². The topological polar surface area (TPSA) is 69.6 Å². The molecule has 1 rings (SSSR count). The van der Waals surface area contributed by atoms with Crippen molar-refractivity contribution in [2.24, 2.45) is 11.3 Å². The van der Waals surface area contributed by atoms with Gasteiger partial charge in [-0.25, -0.2) is 0 Å². The number of carboxylic acids is 1. The minimum Gasteiger partial charge on any atom is -0.481 e. The Bertz CT molecular complexity index is 249. The molecule has 0 heterocycles. The Balaban J connectivity index is 2.44. The minimum absolute atomic E-state index is 0.0231. The summed E-state index contributed by atoms with van der Waals surface area (Å²) in [5.74, 6) is -1.17. The van der Waals surface area contributed by atoms with Gasteiger partial charge in [0.1, 0.15) is 0 Å². The summed E-state index contributed by atoms with van der Waals surface area (Å²) < 4.78 is 0. The second-order valence-electron chi connectivity index (χ2n) is 5.52. The van der Waals surface area contributed by atoms with Crippen molar-refractivity contribution in [1.82, 2.24) is 5.32 Å². The van der Waals surface area contributed by atoms with Gasteiger partial charge < -0.3 is 15.5 Å². The van der Waals surface area contributed by atoms with Crippen molar-refractivity contribution in [2.75, 3.05) is 13.2 Å². The van der Waals surface area contributed by atoms with Crippen molar-refractivity contribution in [3.8, 4) is 0 Å². The second-order valence-corrected chi connectivity index (χ2v) is 5.52. The van der Waals surface area contributed by atoms with Crippen LogP contribution in [-0.4, -0.2) is 35.4 Å². The summed E-state index contributed by atoms with van der Waals surface area (Å²) in [7, 11) is 0. The molecule has 4 heteroatoms. The molecule has 0 aromatic rings. The first-order chi connectivity index (χ1) is 8.01. The number of nitrogens with one attached hydrogen (secondary N) is 1. The minimum atomic E-state index is -0.772. The fourth-order valence-electron chi connectivity index (χ4n) is 2.46. The quantitative estimate of drug-likeness (QED) is 0.663. The standard InChI is InChI=1S/C13H25NO3/c1-10(12(16)17)11(2)14-8-13(9-15)6-4-3-5-7-13/h10-11,14-15H,3-9H2,1-2H3,(H,16,17). The molecular weight excluding hydrogens is 218 g/mol. The Hall–Kier alpha value is -0.610. The molecule has 2 atom stereocenters. The molecule has 0 bridgehead atoms. The van der Waals surface area contributed by atoms with E-state index in [9.17, 15) is 9.90 Å². The lowest BCUT2D eigenvalue weighted by atomic mass is 9.74. The van der Waals surface area contributed by atoms with Crippen LogP contribution in [0.5, 0.6) is 0 Å². The molecule has 1 fully saturated rings. The summed E-state index contributed by atoms with van der Waals surface area (Å²) in [6.45, 7) is 4.54. The fourth-order valence-corrected chi connectivity index (χ4v) is 2.46. The lowest BCUT2D eigenvalue weighted by molar-refractivity contribution is -0.142. The van der Waals surface area contributed by atoms with E-state index in [-0.39, 0.29) is 18.1 Å². The monoisotopic (exact) mass is 243 g/mol. The van der Waals surface area contributed by atoms with Crippen LogP contribution < -0.4 is 5.32 Å². The third-order valence-electron chi connectivity index (χ3n) is 4.19. The van der Waals surface area contributed by atoms with Gasteiger partial charge in [0.15, 0.2) is 0 Å². The van der Waals surface area contributed by atoms with E-state index in [1.54, 1.807) is 6.92 Å². The Morgan fingerprint density at radius 1 is 1.29 bits per heavy atom. The van der Waals surface area contributed by atoms with Crippen molar-refractivity contribution in [1.29, 1.82) is 0 Å². The van der Waals surface area contributed by atoms with Gasteiger partial charge in [0, 0.05) is 24.6 Å². The highest BCUT2D eigenvalue weighted by atomic mass is 16.4. The predicted molar refractivity (Wildman–Crippen MR) is 66.9 cm³/mol. The van der Waals surface area contributed by atoms with Crippen LogP contribution in [-0.2, 0) is 4.79 Å². The molecule has 1 aliphatic carbocycles. The molecule has 0 radical (unpaired) electrons. The molecule has 0 amide bonds. The number of aliphatic hydroxyl groups is 1. The lowest BCUT2D eigenvalue weighted by Crippen LogP contribution is -2.45. The third kappa shape index (κ3) is 3.96. The van der Waals surface area contributed by atoms with Crippen molar-refractivity contribution in [3.05, 3.63) is 0 Å². The van der Waals surface area contributed by atoms with Gasteiger partial charge in [-0.2, -0.15) is 0 Å². The molecule has 100 valence electrons. The molecular formula is C13H25NO3. The van der Waals surface area contributed by atoms with Crippen molar-refractivity contribution in [2.45, 2.75) is 52.0 Å². The van der Waals surface area contributed by atoms with Gasteiger partial charge in [-0.15, -0.1) is 0 Å². The summed E-state index contributed by atoms with van der Waals surface area (Å²) in [5, 5.41) is 21.8. The first kappa shape index (κ1) is 14.5. The first-order valence-corrected chi connectivity index (χ1v) is 6.58. The highest BCUT2D eigenvalue weighted by Crippen LogP contribution is 2.35. The van der Waals surface area contributed by atoms with Crippen LogP contribution >= 0.6 is 0 Å². The van der Waals surface area contributed by atoms with Gasteiger partial charge in [-0.05, 0) is 19.8 Å². The third-order valence-corrected chi connectivity index (χ3v) is 4.19. The number of carbonyl (C=O) groups is 1. The highest BCUT2D eigenvalue weighted by molar-refractivity contribution is 5.70. The van der Waals surface area contributed by atoms with E-state index in [0.717, 1.165) is 19.4 Å². The lowest BCUT2D eigenvalue weighted by Gasteiger charge is -2.37. The summed E-state index contributed by atoms with van der Waals surface area (Å²) in [4.78, 5) is 10.9. The first-order valence-electron chi connectivity index (χ1n) is 6.58. The zero-order valence-corrected chi connectivity index (χ0v) is 10.9. The molecule has 0 aromatic heterocycles. The molecule has 0 aromatic carbocycles. The van der Waals surface area contributed by atoms with Crippen LogP contribution in [0.2, 0.25) is 0 Å². The van der Waals surface area contributed by atoms with E-state index < -0.39 is 11.9 Å². The molecule has 1 saturated carbocycles. The van der Waals surface area contributed by atoms with Crippen molar-refractivity contribution < 1.29 is 15.0 Å². The zero-order valence-electron chi connectivity index (χ0n) is 10.9. The summed E-state index contributed by atoms with van der Waals surface area (Å²) in [6.07, 6.45) is 5.69. The van der Waals surface area contributed by atoms with Gasteiger partial charge >= 0.3 is 5.97 Å². The predicted octanol–water partition coefficient (Wildman–Crippen LogP) is 1.63. The number of aliphatic hydroxyl groups excluding tert-OH is 1. The van der Waals surface area contributed by atoms with Gasteiger partial charge in [0.05, 0.1) is 5.92 Å². The summed E-state index contributed by atoms with van der Waals surface area (Å²) in [5.41, 5.74) is -0.0231. The summed E-state index contributed by atoms with van der Waals surface area (Å²) >= 11 is 0. The maximum atomic E-state index is 10.9. The Kier molecular flexibility index (Phi) is 5.40. The van der Waals surface area contributed by atoms with Crippen LogP contribution in [0.4, 0.5) is 0 Å². The number of hydrogen-bond donors (Lipinski definition) is 3. The Morgan fingerprint density at radius 2 is 1.88 bits per heavy atom. The van der Waals surface area contributed by atoms with E-state index in [1.807, 2.05) is 6.92 Å². The van der Waals surface area contributed by atoms with Crippen LogP contribution in [0, 0.1) is 11.3 Å². The Morgan fingerprint density at radius 3 is 2.35 bits per heavy atom. The van der Waals surface area contributed by atoms with Crippen molar-refractivity contribution in [3.63, 3.8) is 0 Å². The van der Waals surface area contributed by atoms with E-state index in [0.29, 0.717) is 0 Å². The average Bonchev–Trinajstić information content (AvgIpc) is 2.36. The smallest absolute Gasteiger partial charge is 0.307 e. The zero-order chi connectivity index (χ0) is 12.9. The number of carboxylic acid groups (broad SMARTS) is 1. The molecule has 0 spiro atoms. The maximum absolute atomic E-state index is 10.9. The SMILES string of the molecule is CC(NCC1(CO)CCCCC1)C(C)C(=O)O. The molecule has 1 aliphatic rings. The molecule has 4 nitrogen and oxygen atoms in total. The van der Waals surface area contributed by atoms with Crippen LogP contribution in [0.1, 0.15) is 46.0 Å². The second kappa shape index (κ2) is 6.36. The van der Waals surface area contributed by atoms with Gasteiger partial charge in [-0.3, -0.25) is 4.79 Å². The van der Waals surface area contributed by atoms with Crippen molar-refractivity contribution >= 4 is 5.97 Å². The molecule has 17 heavy (non-hydrogen) atoms. The highest BCUT2D eigenvalue weighted by Gasteiger charge is 2.32. The van der Waals surface area contributed by atoms with E-state index in [1.165, 1.54) is 19.3 Å². The van der Waals surface area contributed by atoms with Gasteiger partial charge in [0.25, 0.3) is 0 Å². The van der Waals surface area contributed by atoms with Crippen LogP contribution in [0.3, 0.4) is 0 Å². The Labute approximate surface area is 103 Å². The van der Waals surface area contributed by atoms with Gasteiger partial charge in [0.2, 0.25) is 0 Å². The summed E-state index contributed by atoms with van der Waals surface area (Å²) in [6, 6.07) is -0.0575. The number of rotatable bonds is 6. The normalized spacial score (nSPS) is 23.0. The van der Waals surface area contributed by atoms with E-state index >= 15 is 0 Å². The molecule has 0 saturated heterocycles. The molecule has 3 N–H and O–H groups in total. The average molecular weight is 243 g/mol. The fraction of sp³-hybridized carbons (Fsp3) is 0.923. The van der Waals surface area contributed by atoms with Gasteiger partial charge in [-0.1, -0.05) is 26.2 Å². The van der Waals surface area contributed by atoms with Crippen LogP contribution in [0.15, 0.2) is 0 Å².